The third kappa shape index (κ3) is 2.32. The maximum Gasteiger partial charge on any atom is 0.213 e. The lowest BCUT2D eigenvalue weighted by molar-refractivity contribution is 0.354. The minimum atomic E-state index is -0.502. The van der Waals surface area contributed by atoms with E-state index in [2.05, 4.69) is 30.6 Å². The van der Waals surface area contributed by atoms with Gasteiger partial charge >= 0.3 is 0 Å². The van der Waals surface area contributed by atoms with Crippen LogP contribution < -0.4 is 15.2 Å². The van der Waals surface area contributed by atoms with E-state index >= 15 is 0 Å². The molecule has 6 nitrogen and oxygen atoms in total. The molecule has 1 atom stereocenters. The van der Waals surface area contributed by atoms with Gasteiger partial charge in [-0.25, -0.2) is 0 Å². The lowest BCUT2D eigenvalue weighted by atomic mass is 10.1. The first-order valence-corrected chi connectivity index (χ1v) is 5.90. The van der Waals surface area contributed by atoms with E-state index in [1.165, 1.54) is 6.39 Å². The molecule has 1 unspecified atom stereocenters. The molecule has 7 heteroatoms. The SMILES string of the molecule is COc1cc(Br)c(C(N)c2ncon2)cc1OC. The van der Waals surface area contributed by atoms with E-state index in [4.69, 9.17) is 15.2 Å². The summed E-state index contributed by atoms with van der Waals surface area (Å²) in [7, 11) is 3.14. The van der Waals surface area contributed by atoms with Gasteiger partial charge in [0.1, 0.15) is 0 Å². The molecule has 18 heavy (non-hydrogen) atoms. The van der Waals surface area contributed by atoms with Gasteiger partial charge in [-0.05, 0) is 17.7 Å². The Labute approximate surface area is 112 Å². The Bertz CT molecular complexity index is 531. The average molecular weight is 314 g/mol. The second-order valence-corrected chi connectivity index (χ2v) is 4.35. The van der Waals surface area contributed by atoms with Crippen molar-refractivity contribution >= 4 is 15.9 Å². The molecule has 0 saturated carbocycles. The van der Waals surface area contributed by atoms with Gasteiger partial charge in [0.15, 0.2) is 17.3 Å². The number of halogens is 1. The summed E-state index contributed by atoms with van der Waals surface area (Å²) in [5, 5.41) is 3.73. The van der Waals surface area contributed by atoms with E-state index < -0.39 is 6.04 Å². The Morgan fingerprint density at radius 3 is 2.50 bits per heavy atom. The maximum atomic E-state index is 6.07. The van der Waals surface area contributed by atoms with Crippen molar-refractivity contribution in [3.63, 3.8) is 0 Å². The van der Waals surface area contributed by atoms with E-state index in [9.17, 15) is 0 Å². The molecule has 0 aliphatic carbocycles. The number of nitrogens with zero attached hydrogens (tertiary/aromatic N) is 2. The summed E-state index contributed by atoms with van der Waals surface area (Å²) in [6.07, 6.45) is 1.24. The number of benzene rings is 1. The monoisotopic (exact) mass is 313 g/mol. The molecule has 0 amide bonds. The molecule has 1 aromatic carbocycles. The molecular formula is C11H12BrN3O3. The van der Waals surface area contributed by atoms with Gasteiger partial charge < -0.3 is 19.7 Å². The molecule has 0 fully saturated rings. The van der Waals surface area contributed by atoms with E-state index in [-0.39, 0.29) is 0 Å². The van der Waals surface area contributed by atoms with Crippen LogP contribution >= 0.6 is 15.9 Å². The second-order valence-electron chi connectivity index (χ2n) is 3.50. The summed E-state index contributed by atoms with van der Waals surface area (Å²) in [5.41, 5.74) is 6.85. The Kier molecular flexibility index (Phi) is 3.83. The minimum Gasteiger partial charge on any atom is -0.493 e. The van der Waals surface area contributed by atoms with Gasteiger partial charge in [0.05, 0.1) is 20.3 Å². The molecule has 0 saturated heterocycles. The molecule has 0 spiro atoms. The number of rotatable bonds is 4. The van der Waals surface area contributed by atoms with Gasteiger partial charge in [-0.3, -0.25) is 0 Å². The van der Waals surface area contributed by atoms with Crippen LogP contribution in [-0.4, -0.2) is 24.4 Å². The highest BCUT2D eigenvalue weighted by molar-refractivity contribution is 9.10. The Balaban J connectivity index is 2.45. The third-order valence-electron chi connectivity index (χ3n) is 2.49. The normalized spacial score (nSPS) is 12.2. The molecular weight excluding hydrogens is 302 g/mol. The molecule has 0 aliphatic heterocycles. The van der Waals surface area contributed by atoms with Crippen LogP contribution in [0.25, 0.3) is 0 Å². The highest BCUT2D eigenvalue weighted by Crippen LogP contribution is 2.36. The van der Waals surface area contributed by atoms with Gasteiger partial charge in [0, 0.05) is 4.47 Å². The molecule has 0 aliphatic rings. The Morgan fingerprint density at radius 2 is 1.94 bits per heavy atom. The molecule has 1 heterocycles. The molecule has 2 aromatic rings. The summed E-state index contributed by atoms with van der Waals surface area (Å²) in [6.45, 7) is 0. The number of ether oxygens (including phenoxy) is 2. The standard InChI is InChI=1S/C11H12BrN3O3/c1-16-8-3-6(7(12)4-9(8)17-2)10(13)11-14-5-18-15-11/h3-5,10H,13H2,1-2H3. The van der Waals surface area contributed by atoms with E-state index in [1.807, 2.05) is 0 Å². The fourth-order valence-corrected chi connectivity index (χ4v) is 2.13. The summed E-state index contributed by atoms with van der Waals surface area (Å²) < 4.78 is 15.9. The highest BCUT2D eigenvalue weighted by atomic mass is 79.9. The van der Waals surface area contributed by atoms with Gasteiger partial charge in [0.25, 0.3) is 0 Å². The van der Waals surface area contributed by atoms with Crippen LogP contribution in [0.2, 0.25) is 0 Å². The average Bonchev–Trinajstić information content (AvgIpc) is 2.91. The summed E-state index contributed by atoms with van der Waals surface area (Å²) >= 11 is 3.44. The van der Waals surface area contributed by atoms with Crippen molar-refractivity contribution in [2.45, 2.75) is 6.04 Å². The van der Waals surface area contributed by atoms with Gasteiger partial charge in [-0.1, -0.05) is 21.1 Å². The molecule has 96 valence electrons. The maximum absolute atomic E-state index is 6.07. The van der Waals surface area contributed by atoms with Crippen LogP contribution in [0, 0.1) is 0 Å². The molecule has 2 N–H and O–H groups in total. The van der Waals surface area contributed by atoms with E-state index in [1.54, 1.807) is 26.4 Å². The van der Waals surface area contributed by atoms with Crippen molar-refractivity contribution in [3.8, 4) is 11.5 Å². The minimum absolute atomic E-state index is 0.405. The molecule has 2 rings (SSSR count). The van der Waals surface area contributed by atoms with Crippen LogP contribution in [0.1, 0.15) is 17.4 Å². The van der Waals surface area contributed by atoms with Crippen LogP contribution in [0.15, 0.2) is 27.5 Å². The summed E-state index contributed by atoms with van der Waals surface area (Å²) in [5.74, 6) is 1.62. The predicted molar refractivity (Wildman–Crippen MR) is 67.6 cm³/mol. The fraction of sp³-hybridized carbons (Fsp3) is 0.273. The predicted octanol–water partition coefficient (Wildman–Crippen LogP) is 1.90. The third-order valence-corrected chi connectivity index (χ3v) is 3.18. The van der Waals surface area contributed by atoms with E-state index in [0.29, 0.717) is 17.3 Å². The summed E-state index contributed by atoms with van der Waals surface area (Å²) in [6, 6.07) is 3.07. The zero-order chi connectivity index (χ0) is 13.1. The van der Waals surface area contributed by atoms with Crippen LogP contribution in [0.5, 0.6) is 11.5 Å². The topological polar surface area (TPSA) is 83.4 Å². The molecule has 0 bridgehead atoms. The zero-order valence-corrected chi connectivity index (χ0v) is 11.5. The van der Waals surface area contributed by atoms with Crippen LogP contribution in [0.3, 0.4) is 0 Å². The van der Waals surface area contributed by atoms with Gasteiger partial charge in [0.2, 0.25) is 6.39 Å². The van der Waals surface area contributed by atoms with Crippen molar-refractivity contribution in [3.05, 3.63) is 34.4 Å². The van der Waals surface area contributed by atoms with E-state index in [0.717, 1.165) is 10.0 Å². The number of methoxy groups -OCH3 is 2. The van der Waals surface area contributed by atoms with Crippen molar-refractivity contribution in [2.75, 3.05) is 14.2 Å². The lowest BCUT2D eigenvalue weighted by Gasteiger charge is -2.14. The number of nitrogens with two attached hydrogens (primary N) is 1. The first-order valence-electron chi connectivity index (χ1n) is 5.10. The zero-order valence-electron chi connectivity index (χ0n) is 9.88. The highest BCUT2D eigenvalue weighted by Gasteiger charge is 2.19. The van der Waals surface area contributed by atoms with Gasteiger partial charge in [-0.2, -0.15) is 4.98 Å². The first-order chi connectivity index (χ1) is 8.67. The fourth-order valence-electron chi connectivity index (χ4n) is 1.56. The van der Waals surface area contributed by atoms with Crippen LogP contribution in [-0.2, 0) is 0 Å². The van der Waals surface area contributed by atoms with Crippen molar-refractivity contribution in [2.24, 2.45) is 5.73 Å². The largest absolute Gasteiger partial charge is 0.493 e. The Hall–Kier alpha value is -1.60. The second kappa shape index (κ2) is 5.36. The van der Waals surface area contributed by atoms with Crippen LogP contribution in [0.4, 0.5) is 0 Å². The van der Waals surface area contributed by atoms with Crippen molar-refractivity contribution in [1.29, 1.82) is 0 Å². The quantitative estimate of drug-likeness (QED) is 0.928. The first kappa shape index (κ1) is 12.8. The van der Waals surface area contributed by atoms with Gasteiger partial charge in [-0.15, -0.1) is 0 Å². The Morgan fingerprint density at radius 1 is 1.28 bits per heavy atom. The van der Waals surface area contributed by atoms with Crippen molar-refractivity contribution < 1.29 is 14.0 Å². The molecule has 1 aromatic heterocycles. The number of hydrogen-bond acceptors (Lipinski definition) is 6. The number of hydrogen-bond donors (Lipinski definition) is 1. The lowest BCUT2D eigenvalue weighted by Crippen LogP contribution is -2.14. The number of aromatic nitrogens is 2. The van der Waals surface area contributed by atoms with Crippen molar-refractivity contribution in [1.82, 2.24) is 10.1 Å². The molecule has 0 radical (unpaired) electrons. The smallest absolute Gasteiger partial charge is 0.213 e. The summed E-state index contributed by atoms with van der Waals surface area (Å²) in [4.78, 5) is 3.94.